The average Bonchev–Trinajstić information content (AvgIpc) is 2.34. The molecule has 0 atom stereocenters. The number of nitrogens with one attached hydrogen (secondary N) is 1. The van der Waals surface area contributed by atoms with Crippen molar-refractivity contribution in [2.45, 2.75) is 25.7 Å². The van der Waals surface area contributed by atoms with Crippen LogP contribution in [-0.4, -0.2) is 18.7 Å². The Morgan fingerprint density at radius 2 is 1.88 bits per heavy atom. The number of carbonyl (C=O) groups is 2. The van der Waals surface area contributed by atoms with E-state index in [2.05, 4.69) is 5.32 Å². The molecule has 0 aromatic heterocycles. The Morgan fingerprint density at radius 3 is 2.56 bits per heavy atom. The van der Waals surface area contributed by atoms with Crippen molar-refractivity contribution in [2.24, 2.45) is 0 Å². The van der Waals surface area contributed by atoms with Gasteiger partial charge in [-0.2, -0.15) is 0 Å². The van der Waals surface area contributed by atoms with Gasteiger partial charge in [-0.25, -0.2) is 0 Å². The molecule has 0 bridgehead atoms. The van der Waals surface area contributed by atoms with Crippen LogP contribution in [0.25, 0.3) is 0 Å². The van der Waals surface area contributed by atoms with E-state index >= 15 is 0 Å². The number of unbranched alkanes of at least 4 members (excludes halogenated alkanes) is 3. The van der Waals surface area contributed by atoms with Crippen LogP contribution in [0.5, 0.6) is 0 Å². The van der Waals surface area contributed by atoms with E-state index in [0.717, 1.165) is 25.5 Å². The summed E-state index contributed by atoms with van der Waals surface area (Å²) in [6.07, 6.45) is 4.36. The molecule has 1 rings (SSSR count). The lowest BCUT2D eigenvalue weighted by Crippen LogP contribution is -2.24. The molecule has 0 radical (unpaired) electrons. The van der Waals surface area contributed by atoms with Crippen molar-refractivity contribution in [1.82, 2.24) is 5.32 Å². The molecule has 0 heterocycles. The van der Waals surface area contributed by atoms with Gasteiger partial charge in [0, 0.05) is 18.5 Å². The molecule has 86 valence electrons. The Labute approximate surface area is 95.9 Å². The molecule has 1 N–H and O–H groups in total. The van der Waals surface area contributed by atoms with Crippen molar-refractivity contribution in [3.63, 3.8) is 0 Å². The van der Waals surface area contributed by atoms with Gasteiger partial charge in [-0.3, -0.25) is 4.79 Å². The maximum absolute atomic E-state index is 11.6. The SMILES string of the molecule is O=CCCCCCNC(=O)c1ccccc1. The Bertz CT molecular complexity index is 322. The molecule has 1 amide bonds. The predicted octanol–water partition coefficient (Wildman–Crippen LogP) is 2.18. The van der Waals surface area contributed by atoms with Crippen molar-refractivity contribution >= 4 is 12.2 Å². The topological polar surface area (TPSA) is 46.2 Å². The molecule has 0 saturated carbocycles. The molecule has 0 aliphatic rings. The summed E-state index contributed by atoms with van der Waals surface area (Å²) < 4.78 is 0. The lowest BCUT2D eigenvalue weighted by molar-refractivity contribution is -0.107. The lowest BCUT2D eigenvalue weighted by atomic mass is 10.2. The van der Waals surface area contributed by atoms with Crippen LogP contribution in [0.2, 0.25) is 0 Å². The Hall–Kier alpha value is -1.64. The van der Waals surface area contributed by atoms with Crippen LogP contribution >= 0.6 is 0 Å². The van der Waals surface area contributed by atoms with Crippen molar-refractivity contribution in [3.8, 4) is 0 Å². The monoisotopic (exact) mass is 219 g/mol. The second-order valence-corrected chi connectivity index (χ2v) is 3.64. The molecular weight excluding hydrogens is 202 g/mol. The normalized spacial score (nSPS) is 9.75. The van der Waals surface area contributed by atoms with Gasteiger partial charge < -0.3 is 10.1 Å². The number of carbonyl (C=O) groups excluding carboxylic acids is 2. The summed E-state index contributed by atoms with van der Waals surface area (Å²) >= 11 is 0. The van der Waals surface area contributed by atoms with E-state index in [1.54, 1.807) is 12.1 Å². The molecule has 0 fully saturated rings. The first-order valence-corrected chi connectivity index (χ1v) is 5.61. The minimum absolute atomic E-state index is 0.0315. The van der Waals surface area contributed by atoms with Crippen molar-refractivity contribution < 1.29 is 9.59 Å². The number of benzene rings is 1. The van der Waals surface area contributed by atoms with Crippen molar-refractivity contribution in [3.05, 3.63) is 35.9 Å². The van der Waals surface area contributed by atoms with Gasteiger partial charge in [-0.05, 0) is 25.0 Å². The predicted molar refractivity (Wildman–Crippen MR) is 63.3 cm³/mol. The van der Waals surface area contributed by atoms with Crippen LogP contribution in [0, 0.1) is 0 Å². The molecule has 16 heavy (non-hydrogen) atoms. The van der Waals surface area contributed by atoms with Crippen LogP contribution in [0.1, 0.15) is 36.0 Å². The molecule has 0 unspecified atom stereocenters. The third-order valence-corrected chi connectivity index (χ3v) is 2.32. The zero-order valence-corrected chi connectivity index (χ0v) is 9.32. The van der Waals surface area contributed by atoms with Crippen LogP contribution in [0.4, 0.5) is 0 Å². The number of aldehydes is 1. The van der Waals surface area contributed by atoms with Crippen LogP contribution in [0.15, 0.2) is 30.3 Å². The Morgan fingerprint density at radius 1 is 1.12 bits per heavy atom. The zero-order valence-electron chi connectivity index (χ0n) is 9.32. The first-order valence-electron chi connectivity index (χ1n) is 5.61. The molecule has 1 aromatic carbocycles. The molecule has 0 aliphatic carbocycles. The van der Waals surface area contributed by atoms with E-state index in [1.165, 1.54) is 0 Å². The van der Waals surface area contributed by atoms with Gasteiger partial charge >= 0.3 is 0 Å². The van der Waals surface area contributed by atoms with Gasteiger partial charge in [0.25, 0.3) is 5.91 Å². The zero-order chi connectivity index (χ0) is 11.6. The van der Waals surface area contributed by atoms with E-state index < -0.39 is 0 Å². The summed E-state index contributed by atoms with van der Waals surface area (Å²) in [6.45, 7) is 0.673. The molecule has 0 spiro atoms. The highest BCUT2D eigenvalue weighted by Crippen LogP contribution is 1.99. The van der Waals surface area contributed by atoms with Gasteiger partial charge in [0.2, 0.25) is 0 Å². The third-order valence-electron chi connectivity index (χ3n) is 2.32. The van der Waals surface area contributed by atoms with Gasteiger partial charge in [0.05, 0.1) is 0 Å². The van der Waals surface area contributed by atoms with E-state index in [4.69, 9.17) is 0 Å². The lowest BCUT2D eigenvalue weighted by Gasteiger charge is -2.04. The van der Waals surface area contributed by atoms with E-state index in [-0.39, 0.29) is 5.91 Å². The fraction of sp³-hybridized carbons (Fsp3) is 0.385. The minimum atomic E-state index is -0.0315. The van der Waals surface area contributed by atoms with Crippen LogP contribution in [-0.2, 0) is 4.79 Å². The Kier molecular flexibility index (Phi) is 5.92. The van der Waals surface area contributed by atoms with Gasteiger partial charge in [0.15, 0.2) is 0 Å². The molecule has 1 aromatic rings. The minimum Gasteiger partial charge on any atom is -0.352 e. The average molecular weight is 219 g/mol. The smallest absolute Gasteiger partial charge is 0.251 e. The number of amides is 1. The summed E-state index contributed by atoms with van der Waals surface area (Å²) in [4.78, 5) is 21.6. The van der Waals surface area contributed by atoms with Crippen molar-refractivity contribution in [2.75, 3.05) is 6.54 Å². The molecular formula is C13H17NO2. The summed E-state index contributed by atoms with van der Waals surface area (Å²) in [7, 11) is 0. The summed E-state index contributed by atoms with van der Waals surface area (Å²) in [5, 5.41) is 2.85. The quantitative estimate of drug-likeness (QED) is 0.564. The third kappa shape index (κ3) is 4.73. The number of rotatable bonds is 7. The maximum atomic E-state index is 11.6. The molecule has 0 aliphatic heterocycles. The first kappa shape index (κ1) is 12.4. The number of hydrogen-bond donors (Lipinski definition) is 1. The highest BCUT2D eigenvalue weighted by molar-refractivity contribution is 5.94. The molecule has 3 nitrogen and oxygen atoms in total. The number of hydrogen-bond acceptors (Lipinski definition) is 2. The second-order valence-electron chi connectivity index (χ2n) is 3.64. The fourth-order valence-electron chi connectivity index (χ4n) is 1.42. The highest BCUT2D eigenvalue weighted by Gasteiger charge is 2.02. The summed E-state index contributed by atoms with van der Waals surface area (Å²) in [5.41, 5.74) is 0.690. The molecule has 3 heteroatoms. The van der Waals surface area contributed by atoms with Crippen LogP contribution in [0.3, 0.4) is 0 Å². The van der Waals surface area contributed by atoms with E-state index in [1.807, 2.05) is 18.2 Å². The highest BCUT2D eigenvalue weighted by atomic mass is 16.1. The van der Waals surface area contributed by atoms with E-state index in [0.29, 0.717) is 18.5 Å². The van der Waals surface area contributed by atoms with Gasteiger partial charge in [0.1, 0.15) is 6.29 Å². The van der Waals surface area contributed by atoms with E-state index in [9.17, 15) is 9.59 Å². The van der Waals surface area contributed by atoms with Gasteiger partial charge in [-0.1, -0.05) is 24.6 Å². The fourth-order valence-corrected chi connectivity index (χ4v) is 1.42. The van der Waals surface area contributed by atoms with Crippen LogP contribution < -0.4 is 5.32 Å². The van der Waals surface area contributed by atoms with Gasteiger partial charge in [-0.15, -0.1) is 0 Å². The first-order chi connectivity index (χ1) is 7.84. The molecule has 0 saturated heterocycles. The largest absolute Gasteiger partial charge is 0.352 e. The summed E-state index contributed by atoms with van der Waals surface area (Å²) in [5.74, 6) is -0.0315. The summed E-state index contributed by atoms with van der Waals surface area (Å²) in [6, 6.07) is 9.16. The Balaban J connectivity index is 2.14. The van der Waals surface area contributed by atoms with Crippen molar-refractivity contribution in [1.29, 1.82) is 0 Å². The maximum Gasteiger partial charge on any atom is 0.251 e. The second kappa shape index (κ2) is 7.63. The standard InChI is InChI=1S/C13H17NO2/c15-11-7-2-1-6-10-14-13(16)12-8-4-3-5-9-12/h3-5,8-9,11H,1-2,6-7,10H2,(H,14,16).